The molecule has 0 heterocycles. The predicted octanol–water partition coefficient (Wildman–Crippen LogP) is 2.56. The number of aliphatic carboxylic acids is 4. The van der Waals surface area contributed by atoms with E-state index in [0.29, 0.717) is 50.4 Å². The summed E-state index contributed by atoms with van der Waals surface area (Å²) in [7, 11) is 0. The first-order valence-electron chi connectivity index (χ1n) is 18.4. The van der Waals surface area contributed by atoms with E-state index in [9.17, 15) is 39.6 Å². The van der Waals surface area contributed by atoms with Crippen molar-refractivity contribution in [3.8, 4) is 0 Å². The molecule has 0 fully saturated rings. The fourth-order valence-electron chi connectivity index (χ4n) is 5.84. The molecule has 4 unspecified atom stereocenters. The first-order chi connectivity index (χ1) is 23.5. The molecular formula is C40H60O8Sn. The summed E-state index contributed by atoms with van der Waals surface area (Å²) in [5.41, 5.74) is 0. The number of hydrogen-bond donors (Lipinski definition) is 0. The quantitative estimate of drug-likeness (QED) is 0.147. The Kier molecular flexibility index (Phi) is 28.2. The molecule has 8 nitrogen and oxygen atoms in total. The summed E-state index contributed by atoms with van der Waals surface area (Å²) < 4.78 is 3.16. The van der Waals surface area contributed by atoms with Crippen LogP contribution >= 0.6 is 0 Å². The normalized spacial score (nSPS) is 13.0. The van der Waals surface area contributed by atoms with E-state index in [1.807, 2.05) is 0 Å². The summed E-state index contributed by atoms with van der Waals surface area (Å²) in [6, 6.07) is 21.7. The van der Waals surface area contributed by atoms with E-state index in [2.05, 4.69) is 88.4 Å². The standard InChI is InChI=1S/2C14H26O4.2C6H5.Sn.2H/c2*1-3-5-7-11(4-2)10-12(14(17)18)8-6-9-13(15)16;2*1-2-4-6-5-3-1;;;/h2*11-12H,3-10H2,1-2H3,(H,15,16)(H,17,18);2*1-5H;;;/q;;;;+4;;/p-4. The Balaban J connectivity index is 0.000000713. The van der Waals surface area contributed by atoms with E-state index in [1.165, 1.54) is 0 Å². The molecule has 4 radical (unpaired) electrons. The van der Waals surface area contributed by atoms with Gasteiger partial charge in [0, 0.05) is 23.9 Å². The van der Waals surface area contributed by atoms with Gasteiger partial charge in [-0.3, -0.25) is 0 Å². The van der Waals surface area contributed by atoms with Gasteiger partial charge in [-0.15, -0.1) is 0 Å². The molecule has 4 atom stereocenters. The molecule has 2 aromatic carbocycles. The molecule has 0 spiro atoms. The van der Waals surface area contributed by atoms with Gasteiger partial charge in [0.15, 0.2) is 0 Å². The van der Waals surface area contributed by atoms with Crippen LogP contribution in [0.4, 0.5) is 0 Å². The molecule has 0 N–H and O–H groups in total. The monoisotopic (exact) mass is 788 g/mol. The van der Waals surface area contributed by atoms with E-state index in [4.69, 9.17) is 0 Å². The number of carboxylic acids is 4. The van der Waals surface area contributed by atoms with Gasteiger partial charge in [-0.2, -0.15) is 0 Å². The molecule has 0 saturated carbocycles. The van der Waals surface area contributed by atoms with Crippen LogP contribution in [0, 0.1) is 23.7 Å². The van der Waals surface area contributed by atoms with Gasteiger partial charge in [-0.25, -0.2) is 0 Å². The van der Waals surface area contributed by atoms with E-state index >= 15 is 0 Å². The van der Waals surface area contributed by atoms with Gasteiger partial charge in [0.25, 0.3) is 0 Å². The van der Waals surface area contributed by atoms with Crippen LogP contribution in [-0.4, -0.2) is 45.0 Å². The first-order valence-corrected chi connectivity index (χ1v) is 22.4. The average molecular weight is 788 g/mol. The van der Waals surface area contributed by atoms with Crippen LogP contribution in [0.5, 0.6) is 0 Å². The number of benzene rings is 2. The van der Waals surface area contributed by atoms with Crippen molar-refractivity contribution >= 4 is 52.2 Å². The van der Waals surface area contributed by atoms with Crippen LogP contribution in [0.25, 0.3) is 0 Å². The van der Waals surface area contributed by atoms with Crippen LogP contribution in [0.1, 0.15) is 130 Å². The van der Waals surface area contributed by atoms with Crippen LogP contribution < -0.4 is 27.6 Å². The van der Waals surface area contributed by atoms with Crippen LogP contribution in [0.2, 0.25) is 0 Å². The zero-order chi connectivity index (χ0) is 36.9. The summed E-state index contributed by atoms with van der Waals surface area (Å²) in [4.78, 5) is 42.6. The minimum atomic E-state index is -1.12. The number of carbonyl (C=O) groups excluding carboxylic acids is 4. The molecule has 9 heteroatoms. The van der Waals surface area contributed by atoms with E-state index < -0.39 is 56.9 Å². The fraction of sp³-hybridized carbons (Fsp3) is 0.600. The maximum absolute atomic E-state index is 11.0. The zero-order valence-corrected chi connectivity index (χ0v) is 34.4. The number of hydrogen-bond acceptors (Lipinski definition) is 8. The van der Waals surface area contributed by atoms with Crippen molar-refractivity contribution in [3.63, 3.8) is 0 Å². The second kappa shape index (κ2) is 30.0. The van der Waals surface area contributed by atoms with Gasteiger partial charge in [0.2, 0.25) is 0 Å². The zero-order valence-electron chi connectivity index (χ0n) is 30.4. The molecule has 0 saturated heterocycles. The molecule has 0 aliphatic carbocycles. The van der Waals surface area contributed by atoms with E-state index in [0.717, 1.165) is 51.4 Å². The Morgan fingerprint density at radius 3 is 1.14 bits per heavy atom. The second-order valence-electron chi connectivity index (χ2n) is 13.0. The van der Waals surface area contributed by atoms with Crippen molar-refractivity contribution in [3.05, 3.63) is 60.7 Å². The third kappa shape index (κ3) is 25.7. The van der Waals surface area contributed by atoms with Crippen molar-refractivity contribution < 1.29 is 39.6 Å². The molecule has 0 bridgehead atoms. The topological polar surface area (TPSA) is 161 Å². The summed E-state index contributed by atoms with van der Waals surface area (Å²) >= 11 is -0.881. The Hall–Kier alpha value is -2.88. The fourth-order valence-corrected chi connectivity index (χ4v) is 10.1. The Labute approximate surface area is 305 Å². The molecule has 0 aliphatic rings. The van der Waals surface area contributed by atoms with Crippen LogP contribution in [0.15, 0.2) is 60.7 Å². The summed E-state index contributed by atoms with van der Waals surface area (Å²) in [5.74, 6) is -4.59. The molecule has 272 valence electrons. The minimum absolute atomic E-state index is 0.0739. The summed E-state index contributed by atoms with van der Waals surface area (Å²) in [5, 5.41) is 42.6. The SMILES string of the molecule is CCCCC(CC)CC(CCCC(=O)[O-])C(=O)[O-].CCCCC(CC)CC(CCCC(=O)[O-])C(=O)[O-].c1cc[c]([SnH2+4][c]2ccccc2)cc1. The van der Waals surface area contributed by atoms with Gasteiger partial charge in [0.1, 0.15) is 0 Å². The number of rotatable bonds is 24. The van der Waals surface area contributed by atoms with E-state index in [1.54, 1.807) is 7.16 Å². The van der Waals surface area contributed by atoms with Gasteiger partial charge in [-0.1, -0.05) is 79.1 Å². The number of carboxylic acid groups (broad SMARTS) is 4. The maximum atomic E-state index is 11.0. The average Bonchev–Trinajstić information content (AvgIpc) is 3.08. The van der Waals surface area contributed by atoms with Crippen molar-refractivity contribution in [2.24, 2.45) is 23.7 Å². The third-order valence-corrected chi connectivity index (χ3v) is 14.0. The predicted molar refractivity (Wildman–Crippen MR) is 191 cm³/mol. The first kappa shape index (κ1) is 46.1. The Bertz CT molecular complexity index is 1050. The summed E-state index contributed by atoms with van der Waals surface area (Å²) in [6.07, 6.45) is 10.9. The van der Waals surface area contributed by atoms with Gasteiger partial charge in [-0.05, 0) is 75.0 Å². The summed E-state index contributed by atoms with van der Waals surface area (Å²) in [6.45, 7) is 8.35. The molecule has 2 aromatic rings. The van der Waals surface area contributed by atoms with Crippen molar-refractivity contribution in [1.82, 2.24) is 0 Å². The van der Waals surface area contributed by atoms with Crippen molar-refractivity contribution in [2.45, 2.75) is 130 Å². The molecule has 2 rings (SSSR count). The van der Waals surface area contributed by atoms with Crippen molar-refractivity contribution in [1.29, 1.82) is 0 Å². The van der Waals surface area contributed by atoms with Crippen LogP contribution in [0.3, 0.4) is 0 Å². The third-order valence-electron chi connectivity index (χ3n) is 8.95. The van der Waals surface area contributed by atoms with Crippen LogP contribution in [-0.2, 0) is 19.2 Å². The molecule has 0 aromatic heterocycles. The Morgan fingerprint density at radius 1 is 0.531 bits per heavy atom. The molecule has 0 aliphatic heterocycles. The molecule has 49 heavy (non-hydrogen) atoms. The number of unbranched alkanes of at least 4 members (excludes halogenated alkanes) is 2. The molecular weight excluding hydrogens is 727 g/mol. The van der Waals surface area contributed by atoms with Gasteiger partial charge < -0.3 is 39.6 Å². The van der Waals surface area contributed by atoms with Gasteiger partial charge >= 0.3 is 89.0 Å². The van der Waals surface area contributed by atoms with Gasteiger partial charge in [0.05, 0.1) is 0 Å². The Morgan fingerprint density at radius 2 is 0.878 bits per heavy atom. The second-order valence-corrected chi connectivity index (χ2v) is 18.7. The molecule has 0 amide bonds. The van der Waals surface area contributed by atoms with E-state index in [-0.39, 0.29) is 12.8 Å². The van der Waals surface area contributed by atoms with Crippen molar-refractivity contribution in [2.75, 3.05) is 0 Å². The number of carbonyl (C=O) groups is 4.